The number of nitrogens with one attached hydrogen (secondary N) is 2. The molecule has 1 heterocycles. The van der Waals surface area contributed by atoms with Crippen LogP contribution in [0, 0.1) is 5.82 Å². The quantitative estimate of drug-likeness (QED) is 0.794. The molecule has 0 saturated carbocycles. The number of hydrogen-bond donors (Lipinski definition) is 2. The van der Waals surface area contributed by atoms with Gasteiger partial charge in [-0.25, -0.2) is 4.39 Å². The van der Waals surface area contributed by atoms with Gasteiger partial charge in [0.1, 0.15) is 10.8 Å². The van der Waals surface area contributed by atoms with Gasteiger partial charge in [0.05, 0.1) is 5.75 Å². The molecule has 120 valence electrons. The molecular formula is C15H15FN4O2S. The van der Waals surface area contributed by atoms with E-state index in [2.05, 4.69) is 20.8 Å². The van der Waals surface area contributed by atoms with E-state index >= 15 is 0 Å². The van der Waals surface area contributed by atoms with Gasteiger partial charge in [-0.3, -0.25) is 9.59 Å². The molecule has 0 aliphatic heterocycles. The molecule has 2 aromatic rings. The van der Waals surface area contributed by atoms with Crippen LogP contribution >= 0.6 is 11.8 Å². The molecule has 2 N–H and O–H groups in total. The van der Waals surface area contributed by atoms with Gasteiger partial charge in [-0.15, -0.1) is 10.2 Å². The summed E-state index contributed by atoms with van der Waals surface area (Å²) in [6.07, 6.45) is 0.363. The van der Waals surface area contributed by atoms with Crippen LogP contribution in [0.1, 0.15) is 13.3 Å². The molecule has 2 amide bonds. The van der Waals surface area contributed by atoms with E-state index in [0.29, 0.717) is 23.0 Å². The van der Waals surface area contributed by atoms with Crippen molar-refractivity contribution in [2.75, 3.05) is 16.4 Å². The normalized spacial score (nSPS) is 10.2. The number of nitrogens with zero attached hydrogens (tertiary/aromatic N) is 2. The minimum absolute atomic E-state index is 0.140. The molecule has 0 fully saturated rings. The molecule has 0 unspecified atom stereocenters. The number of halogens is 1. The lowest BCUT2D eigenvalue weighted by molar-refractivity contribution is -0.116. The van der Waals surface area contributed by atoms with Gasteiger partial charge in [-0.05, 0) is 36.4 Å². The van der Waals surface area contributed by atoms with Crippen LogP contribution in [0.5, 0.6) is 0 Å². The maximum Gasteiger partial charge on any atom is 0.234 e. The van der Waals surface area contributed by atoms with Gasteiger partial charge in [0.2, 0.25) is 11.8 Å². The van der Waals surface area contributed by atoms with Gasteiger partial charge in [-0.2, -0.15) is 0 Å². The largest absolute Gasteiger partial charge is 0.325 e. The summed E-state index contributed by atoms with van der Waals surface area (Å²) < 4.78 is 12.8. The van der Waals surface area contributed by atoms with Crippen molar-refractivity contribution < 1.29 is 14.0 Å². The number of benzene rings is 1. The van der Waals surface area contributed by atoms with E-state index in [1.165, 1.54) is 36.0 Å². The van der Waals surface area contributed by atoms with Gasteiger partial charge >= 0.3 is 0 Å². The first-order valence-electron chi connectivity index (χ1n) is 6.88. The zero-order chi connectivity index (χ0) is 16.7. The van der Waals surface area contributed by atoms with Crippen molar-refractivity contribution in [2.24, 2.45) is 0 Å². The minimum Gasteiger partial charge on any atom is -0.325 e. The molecule has 0 aliphatic carbocycles. The average molecular weight is 334 g/mol. The third kappa shape index (κ3) is 5.67. The Morgan fingerprint density at radius 3 is 2.39 bits per heavy atom. The topological polar surface area (TPSA) is 84.0 Å². The summed E-state index contributed by atoms with van der Waals surface area (Å²) in [4.78, 5) is 23.0. The molecule has 0 spiro atoms. The maximum absolute atomic E-state index is 12.8. The van der Waals surface area contributed by atoms with E-state index in [4.69, 9.17) is 0 Å². The number of hydrogen-bond acceptors (Lipinski definition) is 5. The summed E-state index contributed by atoms with van der Waals surface area (Å²) in [5.74, 6) is -0.211. The number of carbonyl (C=O) groups excluding carboxylic acids is 2. The van der Waals surface area contributed by atoms with E-state index in [9.17, 15) is 14.0 Å². The van der Waals surface area contributed by atoms with Crippen LogP contribution in [0.2, 0.25) is 0 Å². The molecule has 0 saturated heterocycles. The highest BCUT2D eigenvalue weighted by Gasteiger charge is 2.06. The van der Waals surface area contributed by atoms with Crippen LogP contribution in [0.15, 0.2) is 41.4 Å². The van der Waals surface area contributed by atoms with Crippen LogP contribution in [0.4, 0.5) is 15.9 Å². The molecule has 0 aliphatic rings. The number of aromatic nitrogens is 2. The second-order valence-corrected chi connectivity index (χ2v) is 5.50. The third-order valence-corrected chi connectivity index (χ3v) is 3.63. The summed E-state index contributed by atoms with van der Waals surface area (Å²) in [5.41, 5.74) is 0.528. The van der Waals surface area contributed by atoms with Crippen molar-refractivity contribution in [1.29, 1.82) is 0 Å². The number of rotatable bonds is 6. The molecule has 1 aromatic heterocycles. The zero-order valence-electron chi connectivity index (χ0n) is 12.4. The van der Waals surface area contributed by atoms with Crippen LogP contribution < -0.4 is 10.6 Å². The first-order chi connectivity index (χ1) is 11.1. The van der Waals surface area contributed by atoms with E-state index < -0.39 is 0 Å². The third-order valence-electron chi connectivity index (χ3n) is 2.71. The Hall–Kier alpha value is -2.48. The average Bonchev–Trinajstić information content (AvgIpc) is 2.56. The lowest BCUT2D eigenvalue weighted by Gasteiger charge is -2.05. The van der Waals surface area contributed by atoms with Crippen molar-refractivity contribution in [1.82, 2.24) is 10.2 Å². The standard InChI is InChI=1S/C15H15FN4O2S/c1-2-13(21)18-12-7-8-15(20-19-12)23-9-14(22)17-11-5-3-10(16)4-6-11/h3-8H,2,9H2,1H3,(H,17,22)(H,18,19,21). The SMILES string of the molecule is CCC(=O)Nc1ccc(SCC(=O)Nc2ccc(F)cc2)nn1. The van der Waals surface area contributed by atoms with Crippen molar-refractivity contribution in [2.45, 2.75) is 18.4 Å². The summed E-state index contributed by atoms with van der Waals surface area (Å²) >= 11 is 1.21. The molecule has 0 radical (unpaired) electrons. The Morgan fingerprint density at radius 2 is 1.78 bits per heavy atom. The first-order valence-corrected chi connectivity index (χ1v) is 7.87. The summed E-state index contributed by atoms with van der Waals surface area (Å²) in [5, 5.41) is 13.6. The molecule has 23 heavy (non-hydrogen) atoms. The van der Waals surface area contributed by atoms with Gasteiger partial charge in [0.25, 0.3) is 0 Å². The molecule has 8 heteroatoms. The van der Waals surface area contributed by atoms with Crippen LogP contribution in [-0.2, 0) is 9.59 Å². The highest BCUT2D eigenvalue weighted by atomic mass is 32.2. The monoisotopic (exact) mass is 334 g/mol. The van der Waals surface area contributed by atoms with Crippen molar-refractivity contribution in [3.63, 3.8) is 0 Å². The van der Waals surface area contributed by atoms with Crippen LogP contribution in [-0.4, -0.2) is 27.8 Å². The Morgan fingerprint density at radius 1 is 1.04 bits per heavy atom. The predicted octanol–water partition coefficient (Wildman–Crippen LogP) is 2.70. The molecule has 2 rings (SSSR count). The number of carbonyl (C=O) groups is 2. The van der Waals surface area contributed by atoms with E-state index in [-0.39, 0.29) is 23.4 Å². The summed E-state index contributed by atoms with van der Waals surface area (Å²) in [6, 6.07) is 8.83. The van der Waals surface area contributed by atoms with Crippen molar-refractivity contribution in [3.05, 3.63) is 42.2 Å². The minimum atomic E-state index is -0.358. The molecule has 0 atom stereocenters. The Labute approximate surface area is 136 Å². The fourth-order valence-electron chi connectivity index (χ4n) is 1.56. The second-order valence-electron chi connectivity index (χ2n) is 4.50. The van der Waals surface area contributed by atoms with Crippen LogP contribution in [0.25, 0.3) is 0 Å². The highest BCUT2D eigenvalue weighted by Crippen LogP contribution is 2.16. The molecule has 6 nitrogen and oxygen atoms in total. The molecule has 1 aromatic carbocycles. The van der Waals surface area contributed by atoms with Gasteiger partial charge in [0.15, 0.2) is 5.82 Å². The number of thioether (sulfide) groups is 1. The van der Waals surface area contributed by atoms with Crippen molar-refractivity contribution >= 4 is 35.1 Å². The van der Waals surface area contributed by atoms with Gasteiger partial charge < -0.3 is 10.6 Å². The van der Waals surface area contributed by atoms with Crippen molar-refractivity contribution in [3.8, 4) is 0 Å². The van der Waals surface area contributed by atoms with Gasteiger partial charge in [-0.1, -0.05) is 18.7 Å². The summed E-state index contributed by atoms with van der Waals surface area (Å²) in [6.45, 7) is 1.74. The zero-order valence-corrected chi connectivity index (χ0v) is 13.2. The predicted molar refractivity (Wildman–Crippen MR) is 86.7 cm³/mol. The second kappa shape index (κ2) is 8.23. The molecule has 0 bridgehead atoms. The van der Waals surface area contributed by atoms with Crippen LogP contribution in [0.3, 0.4) is 0 Å². The smallest absolute Gasteiger partial charge is 0.234 e. The van der Waals surface area contributed by atoms with E-state index in [1.54, 1.807) is 19.1 Å². The lowest BCUT2D eigenvalue weighted by atomic mass is 10.3. The summed E-state index contributed by atoms with van der Waals surface area (Å²) in [7, 11) is 0. The number of anilines is 2. The lowest BCUT2D eigenvalue weighted by Crippen LogP contribution is -2.14. The Kier molecular flexibility index (Phi) is 6.04. The fourth-order valence-corrected chi connectivity index (χ4v) is 2.18. The molecular weight excluding hydrogens is 319 g/mol. The fraction of sp³-hybridized carbons (Fsp3) is 0.200. The van der Waals surface area contributed by atoms with E-state index in [1.807, 2.05) is 0 Å². The Balaban J connectivity index is 1.82. The van der Waals surface area contributed by atoms with E-state index in [0.717, 1.165) is 0 Å². The Bertz CT molecular complexity index is 677. The first kappa shape index (κ1) is 16.9. The number of amides is 2. The maximum atomic E-state index is 12.8. The highest BCUT2D eigenvalue weighted by molar-refractivity contribution is 7.99. The van der Waals surface area contributed by atoms with Gasteiger partial charge in [0, 0.05) is 12.1 Å².